The van der Waals surface area contributed by atoms with Crippen LogP contribution < -0.4 is 5.32 Å². The predicted molar refractivity (Wildman–Crippen MR) is 166 cm³/mol. The minimum Gasteiger partial charge on any atom is -0.311 e. The van der Waals surface area contributed by atoms with E-state index in [0.29, 0.717) is 27.7 Å². The number of rotatable bonds is 4. The molecule has 0 bridgehead atoms. The number of aromatic nitrogens is 2. The monoisotopic (exact) mass is 545 g/mol. The van der Waals surface area contributed by atoms with Gasteiger partial charge in [-0.2, -0.15) is 5.10 Å². The number of aromatic amines is 1. The van der Waals surface area contributed by atoms with Gasteiger partial charge in [0, 0.05) is 16.6 Å². The van der Waals surface area contributed by atoms with Crippen LogP contribution in [0.25, 0.3) is 0 Å². The lowest BCUT2D eigenvalue weighted by Crippen LogP contribution is -2.68. The average molecular weight is 546 g/mol. The Balaban J connectivity index is 1.23. The number of H-pyrrole nitrogens is 1. The van der Waals surface area contributed by atoms with Gasteiger partial charge in [0.1, 0.15) is 0 Å². The van der Waals surface area contributed by atoms with Gasteiger partial charge in [0.05, 0.1) is 6.20 Å². The number of nitrogens with one attached hydrogen (secondary N) is 2. The van der Waals surface area contributed by atoms with Crippen LogP contribution in [0, 0.1) is 51.8 Å². The first-order valence-corrected chi connectivity index (χ1v) is 17.4. The Labute approximate surface area is 245 Å². The third-order valence-corrected chi connectivity index (χ3v) is 15.6. The summed E-state index contributed by atoms with van der Waals surface area (Å²) in [5.74, 6) is 4.76. The molecule has 0 unspecified atom stereocenters. The van der Waals surface area contributed by atoms with Gasteiger partial charge in [0.25, 0.3) is 0 Å². The van der Waals surface area contributed by atoms with Gasteiger partial charge in [-0.1, -0.05) is 66.0 Å². The van der Waals surface area contributed by atoms with E-state index in [4.69, 9.17) is 0 Å². The van der Waals surface area contributed by atoms with Crippen molar-refractivity contribution in [3.8, 4) is 0 Å². The highest BCUT2D eigenvalue weighted by Crippen LogP contribution is 2.76. The van der Waals surface area contributed by atoms with Gasteiger partial charge < -0.3 is 5.32 Å². The second-order valence-electron chi connectivity index (χ2n) is 17.4. The number of hydrogen-bond donors (Lipinski definition) is 2. The van der Waals surface area contributed by atoms with Crippen LogP contribution in [0.15, 0.2) is 18.3 Å². The third-order valence-electron chi connectivity index (χ3n) is 15.6. The molecule has 0 aromatic carbocycles. The molecule has 0 saturated heterocycles. The highest BCUT2D eigenvalue weighted by molar-refractivity contribution is 5.34. The summed E-state index contributed by atoms with van der Waals surface area (Å²) in [6.45, 7) is 21.6. The van der Waals surface area contributed by atoms with Crippen LogP contribution in [-0.2, 0) is 11.8 Å². The molecule has 1 aromatic rings. The van der Waals surface area contributed by atoms with E-state index < -0.39 is 0 Å². The van der Waals surface area contributed by atoms with Crippen LogP contribution in [0.3, 0.4) is 0 Å². The maximum atomic E-state index is 4.63. The van der Waals surface area contributed by atoms with Crippen LogP contribution in [-0.4, -0.2) is 22.3 Å². The summed E-state index contributed by atoms with van der Waals surface area (Å²) in [5.41, 5.74) is 6.14. The molecule has 3 nitrogen and oxygen atoms in total. The molecule has 0 aliphatic heterocycles. The zero-order chi connectivity index (χ0) is 28.1. The maximum absolute atomic E-state index is 4.63. The quantitative estimate of drug-likeness (QED) is 0.371. The van der Waals surface area contributed by atoms with Crippen molar-refractivity contribution in [2.24, 2.45) is 51.8 Å². The van der Waals surface area contributed by atoms with Crippen LogP contribution in [0.1, 0.15) is 136 Å². The molecule has 6 aliphatic carbocycles. The summed E-state index contributed by atoms with van der Waals surface area (Å²) in [5, 5.41) is 12.4. The topological polar surface area (TPSA) is 40.7 Å². The van der Waals surface area contributed by atoms with Gasteiger partial charge >= 0.3 is 0 Å². The van der Waals surface area contributed by atoms with E-state index in [0.717, 1.165) is 29.6 Å². The number of fused-ring (bicyclic) bond motifs is 8. The fourth-order valence-electron chi connectivity index (χ4n) is 13.6. The third kappa shape index (κ3) is 3.60. The Hall–Kier alpha value is -1.09. The molecule has 6 aliphatic rings. The molecule has 0 amide bonds. The number of nitrogens with zero attached hydrogens (tertiary/aromatic N) is 1. The van der Waals surface area contributed by atoms with Crippen molar-refractivity contribution in [1.29, 1.82) is 0 Å². The lowest BCUT2D eigenvalue weighted by Gasteiger charge is -2.72. The highest BCUT2D eigenvalue weighted by Gasteiger charge is 2.70. The van der Waals surface area contributed by atoms with Gasteiger partial charge in [-0.3, -0.25) is 5.10 Å². The largest absolute Gasteiger partial charge is 0.311 e. The van der Waals surface area contributed by atoms with Crippen molar-refractivity contribution in [1.82, 2.24) is 15.5 Å². The van der Waals surface area contributed by atoms with Crippen molar-refractivity contribution in [3.63, 3.8) is 0 Å². The molecule has 5 saturated carbocycles. The summed E-state index contributed by atoms with van der Waals surface area (Å²) < 4.78 is 0. The molecule has 222 valence electrons. The molecule has 0 spiro atoms. The Morgan fingerprint density at radius 2 is 1.68 bits per heavy atom. The van der Waals surface area contributed by atoms with E-state index in [-0.39, 0.29) is 5.41 Å². The molecule has 1 aromatic heterocycles. The van der Waals surface area contributed by atoms with Crippen LogP contribution >= 0.6 is 0 Å². The van der Waals surface area contributed by atoms with E-state index in [2.05, 4.69) is 69.8 Å². The lowest BCUT2D eigenvalue weighted by atomic mass is 9.33. The summed E-state index contributed by atoms with van der Waals surface area (Å²) in [6, 6.07) is 0. The maximum Gasteiger partial charge on any atom is 0.0522 e. The first kappa shape index (κ1) is 27.7. The molecule has 9 atom stereocenters. The standard InChI is InChI=1S/C37H59N3/c1-24(2)27-15-18-37(38-22-25-11-9-8-10-12-25)20-19-35(6)28(31(27)37)13-14-30-34(5)21-26-23-39-40-32(26)33(3,4)29(34)16-17-36(30,35)7/h23,25,27-31,38H,1,8-22H2,2-7H3,(H,39,40)/t27-,28+,29-,30+,31+,34-,35+,36+,37-/m0/s1. The Bertz CT molecular complexity index is 1140. The number of allylic oxidation sites excluding steroid dienone is 1. The van der Waals surface area contributed by atoms with Crippen LogP contribution in [0.4, 0.5) is 0 Å². The van der Waals surface area contributed by atoms with Gasteiger partial charge in [0.2, 0.25) is 0 Å². The predicted octanol–water partition coefficient (Wildman–Crippen LogP) is 9.00. The normalized spacial score (nSPS) is 47.9. The Morgan fingerprint density at radius 1 is 0.900 bits per heavy atom. The van der Waals surface area contributed by atoms with Crippen molar-refractivity contribution in [2.75, 3.05) is 6.54 Å². The molecule has 3 heteroatoms. The van der Waals surface area contributed by atoms with Gasteiger partial charge in [-0.05, 0) is 141 Å². The zero-order valence-corrected chi connectivity index (χ0v) is 26.8. The fraction of sp³-hybridized carbons (Fsp3) is 0.865. The minimum absolute atomic E-state index is 0.180. The lowest BCUT2D eigenvalue weighted by molar-refractivity contribution is -0.219. The van der Waals surface area contributed by atoms with Gasteiger partial charge in [0.15, 0.2) is 0 Å². The Kier molecular flexibility index (Phi) is 6.38. The summed E-state index contributed by atoms with van der Waals surface area (Å²) in [4.78, 5) is 0. The van der Waals surface area contributed by atoms with Crippen molar-refractivity contribution in [2.45, 2.75) is 142 Å². The molecule has 0 radical (unpaired) electrons. The van der Waals surface area contributed by atoms with Crippen LogP contribution in [0.2, 0.25) is 0 Å². The van der Waals surface area contributed by atoms with Crippen molar-refractivity contribution in [3.05, 3.63) is 29.6 Å². The molecule has 5 fully saturated rings. The molecule has 2 N–H and O–H groups in total. The number of hydrogen-bond acceptors (Lipinski definition) is 2. The summed E-state index contributed by atoms with van der Waals surface area (Å²) in [7, 11) is 0. The minimum atomic E-state index is 0.180. The van der Waals surface area contributed by atoms with Crippen LogP contribution in [0.5, 0.6) is 0 Å². The van der Waals surface area contributed by atoms with Gasteiger partial charge in [-0.15, -0.1) is 0 Å². The molecule has 7 rings (SSSR count). The molecular weight excluding hydrogens is 486 g/mol. The fourth-order valence-corrected chi connectivity index (χ4v) is 13.6. The highest BCUT2D eigenvalue weighted by atomic mass is 15.1. The molecular formula is C37H59N3. The smallest absolute Gasteiger partial charge is 0.0522 e. The second kappa shape index (κ2) is 9.20. The van der Waals surface area contributed by atoms with E-state index in [1.54, 1.807) is 0 Å². The van der Waals surface area contributed by atoms with E-state index in [1.165, 1.54) is 113 Å². The van der Waals surface area contributed by atoms with E-state index in [9.17, 15) is 0 Å². The van der Waals surface area contributed by atoms with Crippen molar-refractivity contribution < 1.29 is 0 Å². The summed E-state index contributed by atoms with van der Waals surface area (Å²) in [6.07, 6.45) is 21.8. The average Bonchev–Trinajstić information content (AvgIpc) is 3.54. The summed E-state index contributed by atoms with van der Waals surface area (Å²) >= 11 is 0. The zero-order valence-electron chi connectivity index (χ0n) is 26.8. The first-order valence-electron chi connectivity index (χ1n) is 17.4. The van der Waals surface area contributed by atoms with Gasteiger partial charge in [-0.25, -0.2) is 0 Å². The van der Waals surface area contributed by atoms with Crippen molar-refractivity contribution >= 4 is 0 Å². The first-order chi connectivity index (χ1) is 19.0. The Morgan fingerprint density at radius 3 is 2.42 bits per heavy atom. The SMILES string of the molecule is C=C(C)[C@@H]1CC[C@]2(NCC3CCCCC3)CC[C@]3(C)[C@H](CC[C@@H]4[C@@]5(C)Cc6cn[nH]c6C(C)(C)[C@@H]5CC[C@]43C)[C@@H]12. The molecule has 40 heavy (non-hydrogen) atoms. The van der Waals surface area contributed by atoms with E-state index >= 15 is 0 Å². The second-order valence-corrected chi connectivity index (χ2v) is 17.4. The van der Waals surface area contributed by atoms with E-state index in [1.807, 2.05) is 0 Å². The molecule has 1 heterocycles.